The fraction of sp³-hybridized carbons (Fsp3) is 0.192. The predicted octanol–water partition coefficient (Wildman–Crippen LogP) is 3.94. The predicted molar refractivity (Wildman–Crippen MR) is 130 cm³/mol. The minimum Gasteiger partial charge on any atom is -0.463 e. The first-order chi connectivity index (χ1) is 18.3. The summed E-state index contributed by atoms with van der Waals surface area (Å²) in [6.45, 7) is 1.26. The highest BCUT2D eigenvalue weighted by Gasteiger charge is 2.42. The molecule has 0 radical (unpaired) electrons. The molecular formula is C26H17F6N3O3S. The van der Waals surface area contributed by atoms with Gasteiger partial charge in [-0.25, -0.2) is 4.79 Å². The molecule has 2 N–H and O–H groups in total. The summed E-state index contributed by atoms with van der Waals surface area (Å²) in [5.41, 5.74) is 1.15. The average molecular weight is 565 g/mol. The van der Waals surface area contributed by atoms with E-state index in [0.717, 1.165) is 41.0 Å². The first-order valence-corrected chi connectivity index (χ1v) is 12.0. The van der Waals surface area contributed by atoms with E-state index in [1.54, 1.807) is 6.07 Å². The third-order valence-corrected chi connectivity index (χ3v) is 7.00. The van der Waals surface area contributed by atoms with Crippen LogP contribution in [0.4, 0.5) is 26.3 Å². The molecule has 1 atom stereocenters. The number of carbonyl (C=O) groups excluding carboxylic acids is 1. The maximum absolute atomic E-state index is 13.9. The number of nitrogens with zero attached hydrogens (tertiary/aromatic N) is 2. The van der Waals surface area contributed by atoms with Crippen molar-refractivity contribution in [3.8, 4) is 6.07 Å². The van der Waals surface area contributed by atoms with Crippen LogP contribution in [0.3, 0.4) is 0 Å². The van der Waals surface area contributed by atoms with Crippen molar-refractivity contribution >= 4 is 34.8 Å². The Balaban J connectivity index is 2.15. The first kappa shape index (κ1) is 27.7. The van der Waals surface area contributed by atoms with Gasteiger partial charge in [0.05, 0.1) is 45.4 Å². The van der Waals surface area contributed by atoms with Gasteiger partial charge in [-0.3, -0.25) is 9.36 Å². The fourth-order valence-electron chi connectivity index (χ4n) is 4.29. The van der Waals surface area contributed by atoms with E-state index in [0.29, 0.717) is 11.3 Å². The second-order valence-corrected chi connectivity index (χ2v) is 9.23. The number of benzene rings is 2. The standard InChI is InChI=1S/C26H17F6N3O3S/c1-2-38-24(37)20-19(14-8-4-6-10-17(14)26(30,31)32)15(12-33)21(34)35-22(36)18(39-23(20)35)11-13-7-3-5-9-16(13)25(27,28)29/h3-11,19H,2,34H2,1H3/b18-11+/t19-/m1/s1. The monoisotopic (exact) mass is 565 g/mol. The highest BCUT2D eigenvalue weighted by atomic mass is 32.1. The van der Waals surface area contributed by atoms with E-state index in [9.17, 15) is 41.2 Å². The minimum absolute atomic E-state index is 0.190. The van der Waals surface area contributed by atoms with Crippen LogP contribution in [-0.2, 0) is 21.9 Å². The molecule has 0 saturated carbocycles. The Labute approximate surface area is 220 Å². The summed E-state index contributed by atoms with van der Waals surface area (Å²) in [6, 6.07) is 10.4. The van der Waals surface area contributed by atoms with Crippen molar-refractivity contribution in [2.24, 2.45) is 5.73 Å². The quantitative estimate of drug-likeness (QED) is 0.382. The van der Waals surface area contributed by atoms with E-state index in [1.807, 2.05) is 0 Å². The van der Waals surface area contributed by atoms with Crippen LogP contribution in [0.2, 0.25) is 0 Å². The number of esters is 1. The molecule has 1 aliphatic rings. The lowest BCUT2D eigenvalue weighted by Gasteiger charge is -2.26. The molecule has 2 aromatic carbocycles. The largest absolute Gasteiger partial charge is 0.463 e. The Morgan fingerprint density at radius 1 is 1.08 bits per heavy atom. The Kier molecular flexibility index (Phi) is 7.18. The van der Waals surface area contributed by atoms with E-state index < -0.39 is 63.5 Å². The number of aromatic nitrogens is 1. The van der Waals surface area contributed by atoms with Crippen molar-refractivity contribution in [2.45, 2.75) is 25.2 Å². The molecule has 0 bridgehead atoms. The highest BCUT2D eigenvalue weighted by molar-refractivity contribution is 7.07. The van der Waals surface area contributed by atoms with Gasteiger partial charge in [0.15, 0.2) is 0 Å². The number of thiazole rings is 1. The van der Waals surface area contributed by atoms with Crippen LogP contribution in [0.1, 0.15) is 35.1 Å². The molecule has 2 heterocycles. The second-order valence-electron chi connectivity index (χ2n) is 8.20. The lowest BCUT2D eigenvalue weighted by molar-refractivity contribution is -0.139. The zero-order valence-corrected chi connectivity index (χ0v) is 20.7. The van der Waals surface area contributed by atoms with Crippen LogP contribution < -0.4 is 20.5 Å². The van der Waals surface area contributed by atoms with Crippen molar-refractivity contribution in [3.63, 3.8) is 0 Å². The van der Waals surface area contributed by atoms with Crippen molar-refractivity contribution in [1.82, 2.24) is 4.57 Å². The number of allylic oxidation sites excluding steroid dienone is 1. The van der Waals surface area contributed by atoms with Crippen molar-refractivity contribution in [2.75, 3.05) is 6.61 Å². The molecular weight excluding hydrogens is 548 g/mol. The normalized spacial score (nSPS) is 16.2. The van der Waals surface area contributed by atoms with E-state index in [4.69, 9.17) is 10.5 Å². The molecule has 0 aliphatic carbocycles. The van der Waals surface area contributed by atoms with Crippen LogP contribution in [-0.4, -0.2) is 17.1 Å². The Bertz CT molecular complexity index is 1730. The topological polar surface area (TPSA) is 98.1 Å². The van der Waals surface area contributed by atoms with Crippen LogP contribution in [0, 0.1) is 11.3 Å². The molecule has 39 heavy (non-hydrogen) atoms. The minimum atomic E-state index is -4.88. The molecule has 0 saturated heterocycles. The summed E-state index contributed by atoms with van der Waals surface area (Å²) < 4.78 is 87.7. The number of halogens is 6. The molecule has 0 spiro atoms. The summed E-state index contributed by atoms with van der Waals surface area (Å²) in [5, 5.41) is 9.92. The van der Waals surface area contributed by atoms with Gasteiger partial charge in [-0.1, -0.05) is 36.4 Å². The van der Waals surface area contributed by atoms with Gasteiger partial charge in [0.2, 0.25) is 0 Å². The number of rotatable bonds is 4. The summed E-state index contributed by atoms with van der Waals surface area (Å²) >= 11 is 0.551. The van der Waals surface area contributed by atoms with Crippen molar-refractivity contribution in [1.29, 1.82) is 5.26 Å². The summed E-state index contributed by atoms with van der Waals surface area (Å²) in [7, 11) is 0. The average Bonchev–Trinajstić information content (AvgIpc) is 3.18. The van der Waals surface area contributed by atoms with Gasteiger partial charge in [0.1, 0.15) is 10.5 Å². The number of hydrogen-bond donors (Lipinski definition) is 1. The zero-order valence-electron chi connectivity index (χ0n) is 19.9. The SMILES string of the molecule is CCOC(=O)C1=c2s/c(=C/c3ccccc3C(F)(F)F)c(=O)n2C(N)=C(C#N)[C@H]1c1ccccc1C(F)(F)F. The molecule has 0 amide bonds. The fourth-order valence-corrected chi connectivity index (χ4v) is 5.45. The molecule has 0 fully saturated rings. The van der Waals surface area contributed by atoms with Crippen molar-refractivity contribution in [3.05, 3.63) is 95.9 Å². The molecule has 3 aromatic rings. The molecule has 0 unspecified atom stereocenters. The number of carbonyl (C=O) groups is 1. The maximum atomic E-state index is 13.9. The number of nitriles is 1. The molecule has 13 heteroatoms. The van der Waals surface area contributed by atoms with Gasteiger partial charge >= 0.3 is 18.3 Å². The number of fused-ring (bicyclic) bond motifs is 1. The van der Waals surface area contributed by atoms with Crippen LogP contribution >= 0.6 is 11.3 Å². The van der Waals surface area contributed by atoms with E-state index in [2.05, 4.69) is 0 Å². The second kappa shape index (κ2) is 10.1. The number of hydrogen-bond acceptors (Lipinski definition) is 6. The third-order valence-electron chi connectivity index (χ3n) is 5.89. The van der Waals surface area contributed by atoms with Crippen LogP contribution in [0.25, 0.3) is 17.5 Å². The summed E-state index contributed by atoms with van der Waals surface area (Å²) in [5.74, 6) is -3.33. The Morgan fingerprint density at radius 3 is 2.26 bits per heavy atom. The van der Waals surface area contributed by atoms with E-state index in [1.165, 1.54) is 25.1 Å². The summed E-state index contributed by atoms with van der Waals surface area (Å²) in [4.78, 5) is 26.5. The number of ether oxygens (including phenoxy) is 1. The molecule has 6 nitrogen and oxygen atoms in total. The number of alkyl halides is 6. The smallest absolute Gasteiger partial charge is 0.416 e. The highest BCUT2D eigenvalue weighted by Crippen LogP contribution is 2.43. The lowest BCUT2D eigenvalue weighted by Crippen LogP contribution is -2.40. The van der Waals surface area contributed by atoms with Gasteiger partial charge in [-0.05, 0) is 36.3 Å². The lowest BCUT2D eigenvalue weighted by atomic mass is 9.81. The maximum Gasteiger partial charge on any atom is 0.416 e. The molecule has 1 aliphatic heterocycles. The van der Waals surface area contributed by atoms with Crippen LogP contribution in [0.15, 0.2) is 58.9 Å². The Morgan fingerprint density at radius 2 is 1.67 bits per heavy atom. The summed E-state index contributed by atoms with van der Waals surface area (Å²) in [6.07, 6.45) is -8.68. The number of nitrogens with two attached hydrogens (primary N) is 1. The van der Waals surface area contributed by atoms with Gasteiger partial charge in [0, 0.05) is 0 Å². The zero-order chi connectivity index (χ0) is 28.7. The van der Waals surface area contributed by atoms with E-state index in [-0.39, 0.29) is 21.4 Å². The Hall–Kier alpha value is -4.31. The van der Waals surface area contributed by atoms with Gasteiger partial charge in [0.25, 0.3) is 5.56 Å². The first-order valence-electron chi connectivity index (χ1n) is 11.2. The van der Waals surface area contributed by atoms with Gasteiger partial charge in [-0.15, -0.1) is 11.3 Å². The third kappa shape index (κ3) is 4.95. The van der Waals surface area contributed by atoms with E-state index >= 15 is 0 Å². The molecule has 1 aromatic heterocycles. The molecule has 4 rings (SSSR count). The van der Waals surface area contributed by atoms with Gasteiger partial charge < -0.3 is 10.5 Å². The molecule has 202 valence electrons. The van der Waals surface area contributed by atoms with Crippen molar-refractivity contribution < 1.29 is 35.9 Å². The van der Waals surface area contributed by atoms with Gasteiger partial charge in [-0.2, -0.15) is 31.6 Å². The van der Waals surface area contributed by atoms with Crippen LogP contribution in [0.5, 0.6) is 0 Å².